The second-order valence-corrected chi connectivity index (χ2v) is 5.97. The van der Waals surface area contributed by atoms with E-state index < -0.39 is 0 Å². The first-order valence-corrected chi connectivity index (χ1v) is 7.62. The fourth-order valence-corrected chi connectivity index (χ4v) is 3.39. The normalized spacial score (nSPS) is 18.9. The molecular weight excluding hydrogens is 263 g/mol. The number of alkyl halides is 1. The van der Waals surface area contributed by atoms with Crippen LogP contribution in [-0.4, -0.2) is 7.11 Å². The van der Waals surface area contributed by atoms with Crippen molar-refractivity contribution in [3.8, 4) is 5.75 Å². The van der Waals surface area contributed by atoms with Crippen molar-refractivity contribution in [2.75, 3.05) is 7.11 Å². The Bertz CT molecular complexity index is 400. The van der Waals surface area contributed by atoms with Crippen LogP contribution in [0.5, 0.6) is 5.75 Å². The lowest BCUT2D eigenvalue weighted by atomic mass is 9.92. The van der Waals surface area contributed by atoms with Crippen molar-refractivity contribution in [1.82, 2.24) is 0 Å². The zero-order chi connectivity index (χ0) is 13.7. The Morgan fingerprint density at radius 3 is 2.58 bits per heavy atom. The van der Waals surface area contributed by atoms with Crippen LogP contribution in [0.25, 0.3) is 0 Å². The van der Waals surface area contributed by atoms with Crippen LogP contribution in [-0.2, 0) is 0 Å². The lowest BCUT2D eigenvalue weighted by Crippen LogP contribution is -2.05. The highest BCUT2D eigenvalue weighted by Gasteiger charge is 2.20. The van der Waals surface area contributed by atoms with Crippen molar-refractivity contribution >= 4 is 11.6 Å². The molecule has 2 rings (SSSR count). The van der Waals surface area contributed by atoms with E-state index in [4.69, 9.17) is 16.3 Å². The summed E-state index contributed by atoms with van der Waals surface area (Å²) in [7, 11) is 1.60. The summed E-state index contributed by atoms with van der Waals surface area (Å²) < 4.78 is 18.7. The van der Waals surface area contributed by atoms with E-state index in [1.54, 1.807) is 13.2 Å². The average molecular weight is 285 g/mol. The van der Waals surface area contributed by atoms with Gasteiger partial charge in [0.15, 0.2) is 0 Å². The van der Waals surface area contributed by atoms with Crippen LogP contribution in [0.2, 0.25) is 0 Å². The van der Waals surface area contributed by atoms with E-state index in [2.05, 4.69) is 0 Å². The Morgan fingerprint density at radius 1 is 1.26 bits per heavy atom. The molecule has 0 spiro atoms. The highest BCUT2D eigenvalue weighted by atomic mass is 35.5. The zero-order valence-electron chi connectivity index (χ0n) is 11.5. The molecule has 1 unspecified atom stereocenters. The maximum atomic E-state index is 13.4. The van der Waals surface area contributed by atoms with E-state index in [1.165, 1.54) is 50.7 Å². The third kappa shape index (κ3) is 4.10. The van der Waals surface area contributed by atoms with Gasteiger partial charge in [0.1, 0.15) is 11.6 Å². The second-order valence-electron chi connectivity index (χ2n) is 5.45. The van der Waals surface area contributed by atoms with Crippen LogP contribution in [0, 0.1) is 11.7 Å². The van der Waals surface area contributed by atoms with Crippen LogP contribution >= 0.6 is 11.6 Å². The van der Waals surface area contributed by atoms with E-state index in [9.17, 15) is 4.39 Å². The van der Waals surface area contributed by atoms with Gasteiger partial charge in [0.05, 0.1) is 12.5 Å². The molecular formula is C16H22ClFO. The Kier molecular flexibility index (Phi) is 5.50. The van der Waals surface area contributed by atoms with Crippen molar-refractivity contribution in [3.05, 3.63) is 29.6 Å². The Morgan fingerprint density at radius 2 is 1.95 bits per heavy atom. The molecule has 0 aliphatic heterocycles. The quantitative estimate of drug-likeness (QED) is 0.526. The predicted molar refractivity (Wildman–Crippen MR) is 77.4 cm³/mol. The fourth-order valence-electron chi connectivity index (χ4n) is 2.97. The third-order valence-corrected chi connectivity index (χ3v) is 4.46. The van der Waals surface area contributed by atoms with E-state index in [-0.39, 0.29) is 11.2 Å². The molecule has 106 valence electrons. The van der Waals surface area contributed by atoms with Gasteiger partial charge in [-0.3, -0.25) is 0 Å². The first-order chi connectivity index (χ1) is 9.20. The molecule has 1 aromatic rings. The van der Waals surface area contributed by atoms with Gasteiger partial charge in [-0.05, 0) is 30.5 Å². The first-order valence-electron chi connectivity index (χ1n) is 7.18. The Labute approximate surface area is 120 Å². The standard InChI is InChI=1S/C16H22ClFO/c1-19-16-9-8-13(18)11-14(16)15(17)10-12-6-4-2-3-5-7-12/h8-9,11-12,15H,2-7,10H2,1H3. The molecule has 0 amide bonds. The van der Waals surface area contributed by atoms with Crippen molar-refractivity contribution in [2.45, 2.75) is 50.3 Å². The highest BCUT2D eigenvalue weighted by molar-refractivity contribution is 6.21. The number of halogens is 2. The van der Waals surface area contributed by atoms with Crippen LogP contribution in [0.1, 0.15) is 55.9 Å². The van der Waals surface area contributed by atoms with E-state index in [1.807, 2.05) is 0 Å². The van der Waals surface area contributed by atoms with Crippen LogP contribution in [0.3, 0.4) is 0 Å². The molecule has 3 heteroatoms. The van der Waals surface area contributed by atoms with Crippen LogP contribution in [0.15, 0.2) is 18.2 Å². The van der Waals surface area contributed by atoms with Crippen molar-refractivity contribution in [2.24, 2.45) is 5.92 Å². The van der Waals surface area contributed by atoms with Gasteiger partial charge in [-0.25, -0.2) is 4.39 Å². The first kappa shape index (κ1) is 14.6. The minimum absolute atomic E-state index is 0.159. The van der Waals surface area contributed by atoms with Gasteiger partial charge in [-0.2, -0.15) is 0 Å². The average Bonchev–Trinajstić information content (AvgIpc) is 2.67. The summed E-state index contributed by atoms with van der Waals surface area (Å²) in [5.74, 6) is 1.11. The summed E-state index contributed by atoms with van der Waals surface area (Å²) in [5, 5.41) is -0.159. The van der Waals surface area contributed by atoms with Crippen molar-refractivity contribution < 1.29 is 9.13 Å². The fraction of sp³-hybridized carbons (Fsp3) is 0.625. The summed E-state index contributed by atoms with van der Waals surface area (Å²) in [6, 6.07) is 4.58. The summed E-state index contributed by atoms with van der Waals surface area (Å²) >= 11 is 6.50. The van der Waals surface area contributed by atoms with Gasteiger partial charge in [0, 0.05) is 5.56 Å². The molecule has 0 saturated heterocycles. The molecule has 0 bridgehead atoms. The SMILES string of the molecule is COc1ccc(F)cc1C(Cl)CC1CCCCCC1. The largest absolute Gasteiger partial charge is 0.496 e. The van der Waals surface area contributed by atoms with E-state index in [0.29, 0.717) is 11.7 Å². The Hall–Kier alpha value is -0.760. The van der Waals surface area contributed by atoms with Gasteiger partial charge in [0.25, 0.3) is 0 Å². The van der Waals surface area contributed by atoms with Gasteiger partial charge in [-0.1, -0.05) is 38.5 Å². The maximum absolute atomic E-state index is 13.4. The molecule has 19 heavy (non-hydrogen) atoms. The highest BCUT2D eigenvalue weighted by Crippen LogP contribution is 2.38. The van der Waals surface area contributed by atoms with Gasteiger partial charge in [-0.15, -0.1) is 11.6 Å². The van der Waals surface area contributed by atoms with Crippen LogP contribution in [0.4, 0.5) is 4.39 Å². The molecule has 0 heterocycles. The number of hydrogen-bond acceptors (Lipinski definition) is 1. The molecule has 0 radical (unpaired) electrons. The smallest absolute Gasteiger partial charge is 0.123 e. The molecule has 1 aromatic carbocycles. The monoisotopic (exact) mass is 284 g/mol. The molecule has 1 atom stereocenters. The molecule has 1 fully saturated rings. The number of rotatable bonds is 4. The van der Waals surface area contributed by atoms with Crippen LogP contribution < -0.4 is 4.74 Å². The number of methoxy groups -OCH3 is 1. The summed E-state index contributed by atoms with van der Waals surface area (Å²) in [6.45, 7) is 0. The number of hydrogen-bond donors (Lipinski definition) is 0. The van der Waals surface area contributed by atoms with Crippen molar-refractivity contribution in [1.29, 1.82) is 0 Å². The minimum atomic E-state index is -0.248. The van der Waals surface area contributed by atoms with Gasteiger partial charge in [0.2, 0.25) is 0 Å². The molecule has 1 nitrogen and oxygen atoms in total. The minimum Gasteiger partial charge on any atom is -0.496 e. The topological polar surface area (TPSA) is 9.23 Å². The van der Waals surface area contributed by atoms with Gasteiger partial charge >= 0.3 is 0 Å². The molecule has 0 N–H and O–H groups in total. The lowest BCUT2D eigenvalue weighted by molar-refractivity contribution is 0.394. The van der Waals surface area contributed by atoms with Crippen molar-refractivity contribution in [3.63, 3.8) is 0 Å². The molecule has 0 aromatic heterocycles. The maximum Gasteiger partial charge on any atom is 0.123 e. The summed E-state index contributed by atoms with van der Waals surface area (Å²) in [5.41, 5.74) is 0.786. The summed E-state index contributed by atoms with van der Waals surface area (Å²) in [6.07, 6.45) is 8.70. The van der Waals surface area contributed by atoms with E-state index >= 15 is 0 Å². The third-order valence-electron chi connectivity index (χ3n) is 4.04. The zero-order valence-corrected chi connectivity index (χ0v) is 12.3. The number of benzene rings is 1. The van der Waals surface area contributed by atoms with E-state index in [0.717, 1.165) is 12.0 Å². The molecule has 1 aliphatic carbocycles. The lowest BCUT2D eigenvalue weighted by Gasteiger charge is -2.20. The second kappa shape index (κ2) is 7.14. The molecule has 1 saturated carbocycles. The van der Waals surface area contributed by atoms with Gasteiger partial charge < -0.3 is 4.74 Å². The summed E-state index contributed by atoms with van der Waals surface area (Å²) in [4.78, 5) is 0. The molecule has 1 aliphatic rings. The number of ether oxygens (including phenoxy) is 1. The Balaban J connectivity index is 2.05. The predicted octanol–water partition coefficient (Wildman–Crippen LogP) is 5.47.